The van der Waals surface area contributed by atoms with E-state index in [4.69, 9.17) is 75.8 Å². The highest BCUT2D eigenvalue weighted by molar-refractivity contribution is 5.68. The van der Waals surface area contributed by atoms with Crippen LogP contribution in [0, 0.1) is 0 Å². The SMILES string of the molecule is CO[C@@H]1O[C@H](COCc2ccccc2)[C@@H](O[C@@H]2O[C@H](COCc3ccccc3)[C@H](O[C@H]3O[C@H](COCc4ccccc4)[C@H](OCc4ccccc4)[C@H](OCc4ccccc4)[C@H]3OCc3ccccc3)[C@H](OCc3ccccc3)[C@H]2OCC(=O)O)[C@H](OCc2ccccc2)[C@H]1OCc1ccccc1. The Morgan fingerprint density at radius 2 is 0.490 bits per heavy atom. The number of hydrogen-bond donors (Lipinski definition) is 1. The van der Waals surface area contributed by atoms with E-state index in [2.05, 4.69) is 0 Å². The Balaban J connectivity index is 0.970. The van der Waals surface area contributed by atoms with E-state index in [1.54, 1.807) is 7.11 Å². The molecule has 15 atom stereocenters. The summed E-state index contributed by atoms with van der Waals surface area (Å²) in [5.41, 5.74) is 8.06. The van der Waals surface area contributed by atoms with Gasteiger partial charge in [-0.2, -0.15) is 0 Å². The number of ether oxygens (including phenoxy) is 16. The molecule has 9 aromatic carbocycles. The van der Waals surface area contributed by atoms with Crippen LogP contribution in [-0.4, -0.2) is 137 Å². The minimum Gasteiger partial charge on any atom is -0.480 e. The lowest BCUT2D eigenvalue weighted by Crippen LogP contribution is -2.68. The van der Waals surface area contributed by atoms with Gasteiger partial charge in [0.1, 0.15) is 79.9 Å². The van der Waals surface area contributed by atoms with Gasteiger partial charge in [0.15, 0.2) is 18.9 Å². The summed E-state index contributed by atoms with van der Waals surface area (Å²) in [6, 6.07) is 88.3. The number of carboxylic acids is 1. The second-order valence-electron chi connectivity index (χ2n) is 25.3. The molecule has 1 N–H and O–H groups in total. The van der Waals surface area contributed by atoms with Gasteiger partial charge < -0.3 is 80.9 Å². The Hall–Kier alpha value is -8.19. The van der Waals surface area contributed by atoms with Crippen LogP contribution in [-0.2, 0) is 140 Å². The molecule has 0 aliphatic carbocycles. The first-order chi connectivity index (χ1) is 50.4. The number of aliphatic carboxylic acids is 1. The molecule has 3 aliphatic heterocycles. The first-order valence-electron chi connectivity index (χ1n) is 34.8. The quantitative estimate of drug-likeness (QED) is 0.0385. The van der Waals surface area contributed by atoms with Crippen molar-refractivity contribution in [1.29, 1.82) is 0 Å². The maximum absolute atomic E-state index is 13.2. The van der Waals surface area contributed by atoms with Crippen molar-refractivity contribution < 1.29 is 85.7 Å². The van der Waals surface area contributed by atoms with Crippen molar-refractivity contribution in [1.82, 2.24) is 0 Å². The van der Waals surface area contributed by atoms with Crippen LogP contribution in [0.15, 0.2) is 273 Å². The largest absolute Gasteiger partial charge is 0.480 e. The normalized spacial score (nSPS) is 25.0. The molecule has 0 radical (unpaired) electrons. The number of carbonyl (C=O) groups is 1. The molecule has 3 aliphatic rings. The second kappa shape index (κ2) is 39.5. The highest BCUT2D eigenvalue weighted by Crippen LogP contribution is 2.40. The van der Waals surface area contributed by atoms with Crippen molar-refractivity contribution in [3.63, 3.8) is 0 Å². The molecule has 0 aromatic heterocycles. The average Bonchev–Trinajstić information content (AvgIpc) is 0.764. The number of benzene rings is 9. The average molecular weight is 1390 g/mol. The van der Waals surface area contributed by atoms with Crippen LogP contribution < -0.4 is 0 Å². The van der Waals surface area contributed by atoms with Gasteiger partial charge in [0.05, 0.1) is 79.3 Å². The number of carboxylic acid groups (broad SMARTS) is 1. The van der Waals surface area contributed by atoms with E-state index in [0.29, 0.717) is 0 Å². The Morgan fingerprint density at radius 3 is 0.765 bits per heavy atom. The molecule has 0 amide bonds. The van der Waals surface area contributed by atoms with Crippen molar-refractivity contribution in [2.75, 3.05) is 33.5 Å². The summed E-state index contributed by atoms with van der Waals surface area (Å²) in [7, 11) is 1.55. The van der Waals surface area contributed by atoms with Crippen molar-refractivity contribution in [3.8, 4) is 0 Å². The zero-order valence-electron chi connectivity index (χ0n) is 57.2. The van der Waals surface area contributed by atoms with Crippen molar-refractivity contribution >= 4 is 5.97 Å². The third-order valence-corrected chi connectivity index (χ3v) is 17.9. The van der Waals surface area contributed by atoms with Crippen LogP contribution in [0.3, 0.4) is 0 Å². The maximum Gasteiger partial charge on any atom is 0.329 e. The zero-order valence-corrected chi connectivity index (χ0v) is 57.2. The van der Waals surface area contributed by atoms with E-state index in [0.717, 1.165) is 50.1 Å². The van der Waals surface area contributed by atoms with Crippen molar-refractivity contribution in [2.45, 2.75) is 152 Å². The molecule has 0 spiro atoms. The molecule has 3 fully saturated rings. The molecule has 0 bridgehead atoms. The van der Waals surface area contributed by atoms with Gasteiger partial charge in [-0.15, -0.1) is 0 Å². The Labute approximate surface area is 597 Å². The Bertz CT molecular complexity index is 3770. The predicted molar refractivity (Wildman–Crippen MR) is 379 cm³/mol. The molecule has 0 saturated carbocycles. The lowest BCUT2D eigenvalue weighted by molar-refractivity contribution is -0.393. The number of hydrogen-bond acceptors (Lipinski definition) is 17. The minimum atomic E-state index is -1.49. The molecule has 0 unspecified atom stereocenters. The van der Waals surface area contributed by atoms with E-state index in [-0.39, 0.29) is 79.3 Å². The lowest BCUT2D eigenvalue weighted by atomic mass is 9.95. The summed E-state index contributed by atoms with van der Waals surface area (Å²) in [5.74, 6) is -1.26. The molecule has 3 saturated heterocycles. The molecule has 18 heteroatoms. The Morgan fingerprint density at radius 1 is 0.275 bits per heavy atom. The summed E-state index contributed by atoms with van der Waals surface area (Å²) in [6.07, 6.45) is -16.5. The highest BCUT2D eigenvalue weighted by Gasteiger charge is 2.57. The third kappa shape index (κ3) is 21.7. The molecule has 534 valence electrons. The molecule has 12 rings (SSSR count). The molecular weight excluding hydrogens is 1300 g/mol. The molecule has 3 heterocycles. The van der Waals surface area contributed by atoms with Gasteiger partial charge >= 0.3 is 5.97 Å². The predicted octanol–water partition coefficient (Wildman–Crippen LogP) is 13.2. The van der Waals surface area contributed by atoms with Crippen molar-refractivity contribution in [3.05, 3.63) is 323 Å². The maximum atomic E-state index is 13.2. The van der Waals surface area contributed by atoms with Crippen LogP contribution in [0.2, 0.25) is 0 Å². The fraction of sp³-hybridized carbons (Fsp3) is 0.345. The Kier molecular flexibility index (Phi) is 28.5. The topological polar surface area (TPSA) is 185 Å². The summed E-state index contributed by atoms with van der Waals surface area (Å²) in [4.78, 5) is 13.2. The number of methoxy groups -OCH3 is 1. The van der Waals surface area contributed by atoms with Crippen LogP contribution in [0.1, 0.15) is 50.1 Å². The molecule has 18 nitrogen and oxygen atoms in total. The smallest absolute Gasteiger partial charge is 0.329 e. The monoisotopic (exact) mass is 1390 g/mol. The zero-order chi connectivity index (χ0) is 69.8. The van der Waals surface area contributed by atoms with Gasteiger partial charge in [-0.3, -0.25) is 0 Å². The van der Waals surface area contributed by atoms with Crippen molar-refractivity contribution in [2.24, 2.45) is 0 Å². The van der Waals surface area contributed by atoms with E-state index in [1.807, 2.05) is 273 Å². The molecular formula is C84H90O18. The third-order valence-electron chi connectivity index (χ3n) is 17.9. The minimum absolute atomic E-state index is 0.00749. The van der Waals surface area contributed by atoms with Gasteiger partial charge in [0, 0.05) is 7.11 Å². The van der Waals surface area contributed by atoms with Gasteiger partial charge in [0.25, 0.3) is 0 Å². The summed E-state index contributed by atoms with van der Waals surface area (Å²) >= 11 is 0. The van der Waals surface area contributed by atoms with Gasteiger partial charge in [-0.1, -0.05) is 273 Å². The van der Waals surface area contributed by atoms with Gasteiger partial charge in [-0.05, 0) is 50.1 Å². The second-order valence-corrected chi connectivity index (χ2v) is 25.3. The molecule has 9 aromatic rings. The van der Waals surface area contributed by atoms with E-state index in [9.17, 15) is 9.90 Å². The summed E-state index contributed by atoms with van der Waals surface area (Å²) in [6.45, 7) is 0.413. The van der Waals surface area contributed by atoms with Crippen LogP contribution >= 0.6 is 0 Å². The highest BCUT2D eigenvalue weighted by atomic mass is 16.8. The van der Waals surface area contributed by atoms with Crippen LogP contribution in [0.25, 0.3) is 0 Å². The standard InChI is InChI=1S/C84H90O18/c1-87-82-79(95-54-67-43-25-9-26-44-67)77(93-52-65-39-21-7-22-40-65)74(70(98-82)57-89-48-61-31-13-3-14-32-61)101-84-81(97-59-72(85)86)78(94-53-66-41-23-8-24-42-66)75(71(100-84)58-90-49-62-33-15-4-16-34-62)102-83-80(96-55-68-45-27-10-28-46-68)76(92-51-64-37-19-6-20-38-64)73(91-50-63-35-17-5-18-36-63)69(99-83)56-88-47-60-29-11-2-12-30-60/h2-46,69-71,73-84H,47-59H2,1H3,(H,85,86)/t69-,70-,71-,73+,74-,75+,76+,77+,78+,79-,80-,81-,82-,83-,84+/m1/s1. The fourth-order valence-corrected chi connectivity index (χ4v) is 12.8. The number of rotatable bonds is 38. The summed E-state index contributed by atoms with van der Waals surface area (Å²) < 4.78 is 113. The van der Waals surface area contributed by atoms with E-state index < -0.39 is 105 Å². The van der Waals surface area contributed by atoms with E-state index in [1.165, 1.54) is 0 Å². The van der Waals surface area contributed by atoms with E-state index >= 15 is 0 Å². The van der Waals surface area contributed by atoms with Gasteiger partial charge in [-0.25, -0.2) is 4.79 Å². The van der Waals surface area contributed by atoms with Gasteiger partial charge in [0.2, 0.25) is 0 Å². The summed E-state index contributed by atoms with van der Waals surface area (Å²) in [5, 5.41) is 10.8. The van der Waals surface area contributed by atoms with Crippen LogP contribution in [0.4, 0.5) is 0 Å². The first kappa shape index (κ1) is 73.6. The van der Waals surface area contributed by atoms with Crippen LogP contribution in [0.5, 0.6) is 0 Å². The molecule has 102 heavy (non-hydrogen) atoms. The lowest BCUT2D eigenvalue weighted by Gasteiger charge is -2.51. The fourth-order valence-electron chi connectivity index (χ4n) is 12.8. The first-order valence-corrected chi connectivity index (χ1v) is 34.8.